The molecule has 1 aromatic rings. The van der Waals surface area contributed by atoms with Gasteiger partial charge in [0.1, 0.15) is 5.75 Å². The normalized spacial score (nSPS) is 12.8. The number of ether oxygens (including phenoxy) is 1. The van der Waals surface area contributed by atoms with E-state index in [2.05, 4.69) is 38.2 Å². The van der Waals surface area contributed by atoms with Gasteiger partial charge in [-0.15, -0.1) is 0 Å². The third-order valence-electron chi connectivity index (χ3n) is 3.07. The Balaban J connectivity index is 2.67. The van der Waals surface area contributed by atoms with Crippen molar-refractivity contribution in [3.8, 4) is 5.75 Å². The van der Waals surface area contributed by atoms with Gasteiger partial charge in [0.2, 0.25) is 0 Å². The monoisotopic (exact) mass is 221 g/mol. The first kappa shape index (κ1) is 13.0. The molecule has 1 rings (SSSR count). The Hall–Kier alpha value is -1.02. The van der Waals surface area contributed by atoms with Gasteiger partial charge in [-0.05, 0) is 37.5 Å². The summed E-state index contributed by atoms with van der Waals surface area (Å²) in [6, 6.07) is 9.23. The SMILES string of the molecule is CCC(CC)N[C@H](C)c1cccc(OC)c1. The third kappa shape index (κ3) is 3.53. The molecule has 90 valence electrons. The summed E-state index contributed by atoms with van der Waals surface area (Å²) in [4.78, 5) is 0. The molecule has 0 fully saturated rings. The summed E-state index contributed by atoms with van der Waals surface area (Å²) in [7, 11) is 1.71. The molecule has 0 unspecified atom stereocenters. The van der Waals surface area contributed by atoms with Gasteiger partial charge in [-0.2, -0.15) is 0 Å². The minimum Gasteiger partial charge on any atom is -0.497 e. The molecule has 0 heterocycles. The van der Waals surface area contributed by atoms with Gasteiger partial charge in [-0.1, -0.05) is 26.0 Å². The lowest BCUT2D eigenvalue weighted by atomic mass is 10.1. The zero-order valence-corrected chi connectivity index (χ0v) is 10.8. The van der Waals surface area contributed by atoms with Crippen LogP contribution in [0.2, 0.25) is 0 Å². The lowest BCUT2D eigenvalue weighted by Gasteiger charge is -2.21. The van der Waals surface area contributed by atoms with Crippen LogP contribution in [0.5, 0.6) is 5.75 Å². The number of benzene rings is 1. The van der Waals surface area contributed by atoms with Crippen LogP contribution in [0.3, 0.4) is 0 Å². The van der Waals surface area contributed by atoms with Crippen molar-refractivity contribution in [3.63, 3.8) is 0 Å². The summed E-state index contributed by atoms with van der Waals surface area (Å²) in [5, 5.41) is 3.63. The van der Waals surface area contributed by atoms with Crippen LogP contribution in [-0.4, -0.2) is 13.2 Å². The van der Waals surface area contributed by atoms with Gasteiger partial charge in [0.15, 0.2) is 0 Å². The van der Waals surface area contributed by atoms with Gasteiger partial charge >= 0.3 is 0 Å². The molecule has 0 aromatic heterocycles. The van der Waals surface area contributed by atoms with Crippen LogP contribution in [0.4, 0.5) is 0 Å². The molecule has 2 heteroatoms. The largest absolute Gasteiger partial charge is 0.497 e. The average Bonchev–Trinajstić information content (AvgIpc) is 2.35. The maximum atomic E-state index is 5.23. The molecule has 0 bridgehead atoms. The lowest BCUT2D eigenvalue weighted by molar-refractivity contribution is 0.409. The van der Waals surface area contributed by atoms with Crippen molar-refractivity contribution >= 4 is 0 Å². The molecule has 16 heavy (non-hydrogen) atoms. The molecule has 0 aliphatic rings. The topological polar surface area (TPSA) is 21.3 Å². The lowest BCUT2D eigenvalue weighted by Crippen LogP contribution is -2.30. The van der Waals surface area contributed by atoms with Gasteiger partial charge < -0.3 is 10.1 Å². The van der Waals surface area contributed by atoms with Crippen LogP contribution in [0.15, 0.2) is 24.3 Å². The molecule has 0 saturated carbocycles. The molecule has 0 spiro atoms. The third-order valence-corrected chi connectivity index (χ3v) is 3.07. The fraction of sp³-hybridized carbons (Fsp3) is 0.571. The van der Waals surface area contributed by atoms with Crippen molar-refractivity contribution in [1.29, 1.82) is 0 Å². The first-order valence-electron chi connectivity index (χ1n) is 6.11. The van der Waals surface area contributed by atoms with E-state index in [4.69, 9.17) is 4.74 Å². The Kier molecular flexibility index (Phi) is 5.33. The number of hydrogen-bond acceptors (Lipinski definition) is 2. The average molecular weight is 221 g/mol. The standard InChI is InChI=1S/C14H23NO/c1-5-13(6-2)15-11(3)12-8-7-9-14(10-12)16-4/h7-11,13,15H,5-6H2,1-4H3/t11-/m1/s1. The van der Waals surface area contributed by atoms with Gasteiger partial charge in [-0.25, -0.2) is 0 Å². The molecule has 0 radical (unpaired) electrons. The molecular formula is C14H23NO. The summed E-state index contributed by atoms with van der Waals surface area (Å²) in [5.41, 5.74) is 1.28. The van der Waals surface area contributed by atoms with E-state index < -0.39 is 0 Å². The van der Waals surface area contributed by atoms with Crippen molar-refractivity contribution in [1.82, 2.24) is 5.32 Å². The Morgan fingerprint density at radius 1 is 1.25 bits per heavy atom. The van der Waals surface area contributed by atoms with E-state index >= 15 is 0 Å². The van der Waals surface area contributed by atoms with Crippen LogP contribution in [0, 0.1) is 0 Å². The highest BCUT2D eigenvalue weighted by Crippen LogP contribution is 2.19. The molecule has 1 atom stereocenters. The summed E-state index contributed by atoms with van der Waals surface area (Å²) in [6.07, 6.45) is 2.34. The molecule has 0 aliphatic carbocycles. The van der Waals surface area contributed by atoms with Gasteiger partial charge in [0.25, 0.3) is 0 Å². The first-order valence-corrected chi connectivity index (χ1v) is 6.11. The predicted molar refractivity (Wildman–Crippen MR) is 68.9 cm³/mol. The molecule has 1 N–H and O–H groups in total. The zero-order chi connectivity index (χ0) is 12.0. The van der Waals surface area contributed by atoms with Crippen molar-refractivity contribution in [2.75, 3.05) is 7.11 Å². The Labute approximate surface area is 99.0 Å². The Bertz CT molecular complexity index is 307. The first-order chi connectivity index (χ1) is 7.71. The number of hydrogen-bond donors (Lipinski definition) is 1. The number of nitrogens with one attached hydrogen (secondary N) is 1. The van der Waals surface area contributed by atoms with Crippen LogP contribution < -0.4 is 10.1 Å². The summed E-state index contributed by atoms with van der Waals surface area (Å²) in [5.74, 6) is 0.927. The smallest absolute Gasteiger partial charge is 0.119 e. The number of methoxy groups -OCH3 is 1. The molecule has 0 amide bonds. The van der Waals surface area contributed by atoms with E-state index in [1.165, 1.54) is 18.4 Å². The maximum absolute atomic E-state index is 5.23. The van der Waals surface area contributed by atoms with Crippen molar-refractivity contribution < 1.29 is 4.74 Å². The zero-order valence-electron chi connectivity index (χ0n) is 10.8. The fourth-order valence-corrected chi connectivity index (χ4v) is 1.89. The summed E-state index contributed by atoms with van der Waals surface area (Å²) in [6.45, 7) is 6.64. The Morgan fingerprint density at radius 3 is 2.50 bits per heavy atom. The van der Waals surface area contributed by atoms with E-state index in [0.29, 0.717) is 12.1 Å². The molecule has 0 aliphatic heterocycles. The highest BCUT2D eigenvalue weighted by Gasteiger charge is 2.10. The van der Waals surface area contributed by atoms with E-state index in [0.717, 1.165) is 5.75 Å². The van der Waals surface area contributed by atoms with Gasteiger partial charge in [0.05, 0.1) is 7.11 Å². The van der Waals surface area contributed by atoms with Crippen LogP contribution in [0.1, 0.15) is 45.2 Å². The fourth-order valence-electron chi connectivity index (χ4n) is 1.89. The number of rotatable bonds is 6. The Morgan fingerprint density at radius 2 is 1.94 bits per heavy atom. The van der Waals surface area contributed by atoms with Gasteiger partial charge in [-0.3, -0.25) is 0 Å². The quantitative estimate of drug-likeness (QED) is 0.793. The summed E-state index contributed by atoms with van der Waals surface area (Å²) < 4.78 is 5.23. The van der Waals surface area contributed by atoms with Crippen LogP contribution in [-0.2, 0) is 0 Å². The highest BCUT2D eigenvalue weighted by molar-refractivity contribution is 5.30. The minimum absolute atomic E-state index is 0.375. The maximum Gasteiger partial charge on any atom is 0.119 e. The second-order valence-corrected chi connectivity index (χ2v) is 4.18. The highest BCUT2D eigenvalue weighted by atomic mass is 16.5. The summed E-state index contributed by atoms with van der Waals surface area (Å²) >= 11 is 0. The molecular weight excluding hydrogens is 198 g/mol. The van der Waals surface area contributed by atoms with Gasteiger partial charge in [0, 0.05) is 12.1 Å². The van der Waals surface area contributed by atoms with Crippen molar-refractivity contribution in [2.45, 2.75) is 45.7 Å². The van der Waals surface area contributed by atoms with E-state index in [1.54, 1.807) is 7.11 Å². The van der Waals surface area contributed by atoms with Crippen LogP contribution >= 0.6 is 0 Å². The van der Waals surface area contributed by atoms with E-state index in [-0.39, 0.29) is 0 Å². The van der Waals surface area contributed by atoms with Crippen LogP contribution in [0.25, 0.3) is 0 Å². The molecule has 2 nitrogen and oxygen atoms in total. The second-order valence-electron chi connectivity index (χ2n) is 4.18. The predicted octanol–water partition coefficient (Wildman–Crippen LogP) is 3.53. The van der Waals surface area contributed by atoms with E-state index in [9.17, 15) is 0 Å². The molecule has 0 saturated heterocycles. The second kappa shape index (κ2) is 6.54. The van der Waals surface area contributed by atoms with Crippen molar-refractivity contribution in [3.05, 3.63) is 29.8 Å². The minimum atomic E-state index is 0.375. The van der Waals surface area contributed by atoms with E-state index in [1.807, 2.05) is 12.1 Å². The van der Waals surface area contributed by atoms with Crippen molar-refractivity contribution in [2.24, 2.45) is 0 Å². The molecule has 1 aromatic carbocycles.